The lowest BCUT2D eigenvalue weighted by Crippen LogP contribution is -2.37. The highest BCUT2D eigenvalue weighted by atomic mass is 19.4. The average Bonchev–Trinajstić information content (AvgIpc) is 2.97. The highest BCUT2D eigenvalue weighted by Crippen LogP contribution is 2.26. The number of nitrogens with one attached hydrogen (secondary N) is 2. The van der Waals surface area contributed by atoms with Crippen molar-refractivity contribution in [2.24, 2.45) is 0 Å². The van der Waals surface area contributed by atoms with Crippen molar-refractivity contribution in [1.82, 2.24) is 19.9 Å². The molecule has 3 aromatic rings. The highest BCUT2D eigenvalue weighted by Gasteiger charge is 2.35. The molecule has 0 saturated carbocycles. The van der Waals surface area contributed by atoms with Crippen LogP contribution >= 0.6 is 0 Å². The number of pyridine rings is 1. The van der Waals surface area contributed by atoms with Crippen LogP contribution in [0.3, 0.4) is 0 Å². The first-order valence-electron chi connectivity index (χ1n) is 13.8. The molecular weight excluding hydrogens is 537 g/mol. The number of anilines is 2. The number of benzene rings is 1. The number of carboxylic acid groups (broad SMARTS) is 1. The molecule has 1 aliphatic rings. The lowest BCUT2D eigenvalue weighted by Gasteiger charge is -2.25. The Morgan fingerprint density at radius 3 is 2.68 bits per heavy atom. The Hall–Kier alpha value is -3.93. The Labute approximate surface area is 237 Å². The van der Waals surface area contributed by atoms with Crippen molar-refractivity contribution in [3.8, 4) is 5.75 Å². The van der Waals surface area contributed by atoms with E-state index in [1.807, 2.05) is 30.3 Å². The number of aromatic nitrogens is 3. The Morgan fingerprint density at radius 1 is 1.07 bits per heavy atom. The fraction of sp³-hybridized carbons (Fsp3) is 0.448. The third kappa shape index (κ3) is 9.59. The summed E-state index contributed by atoms with van der Waals surface area (Å²) in [6.07, 6.45) is 1.15. The van der Waals surface area contributed by atoms with E-state index < -0.39 is 24.0 Å². The van der Waals surface area contributed by atoms with E-state index in [1.165, 1.54) is 11.6 Å². The van der Waals surface area contributed by atoms with Crippen molar-refractivity contribution in [2.75, 3.05) is 43.4 Å². The molecule has 2 aromatic heterocycles. The Morgan fingerprint density at radius 2 is 1.90 bits per heavy atom. The van der Waals surface area contributed by atoms with E-state index in [-0.39, 0.29) is 12.2 Å². The topological polar surface area (TPSA) is 112 Å². The summed E-state index contributed by atoms with van der Waals surface area (Å²) in [6.45, 7) is 3.03. The van der Waals surface area contributed by atoms with Gasteiger partial charge in [-0.3, -0.25) is 4.90 Å². The zero-order valence-corrected chi connectivity index (χ0v) is 22.7. The molecule has 3 N–H and O–H groups in total. The van der Waals surface area contributed by atoms with Gasteiger partial charge in [0.1, 0.15) is 30.0 Å². The second-order valence-corrected chi connectivity index (χ2v) is 9.89. The standard InChI is InChI=1S/C29H35F3N6O3/c30-29(31,32)28-34-16-13-25(37-28)36-24(27(39)40)14-18-38(19-20-41-23-9-2-1-3-10-23)17-5-4-8-22-12-11-21-7-6-15-33-26(21)35-22/h1-3,9-13,16,24H,4-8,14-15,17-20H2,(H,33,35)(H,39,40)(H,34,36,37)/t24-/m0/s1. The van der Waals surface area contributed by atoms with E-state index in [0.29, 0.717) is 26.2 Å². The normalized spacial score (nSPS) is 13.8. The number of ether oxygens (including phenoxy) is 1. The third-order valence-corrected chi connectivity index (χ3v) is 6.79. The summed E-state index contributed by atoms with van der Waals surface area (Å²) in [7, 11) is 0. The molecule has 0 radical (unpaired) electrons. The van der Waals surface area contributed by atoms with E-state index in [2.05, 4.69) is 37.6 Å². The van der Waals surface area contributed by atoms with Gasteiger partial charge >= 0.3 is 12.1 Å². The van der Waals surface area contributed by atoms with Crippen LogP contribution in [0.15, 0.2) is 54.7 Å². The molecule has 1 aromatic carbocycles. The number of rotatable bonds is 15. The summed E-state index contributed by atoms with van der Waals surface area (Å²) >= 11 is 0. The van der Waals surface area contributed by atoms with Crippen molar-refractivity contribution in [3.63, 3.8) is 0 Å². The number of aliphatic carboxylic acids is 1. The molecule has 0 aliphatic carbocycles. The first kappa shape index (κ1) is 30.0. The van der Waals surface area contributed by atoms with E-state index in [4.69, 9.17) is 9.72 Å². The first-order valence-corrected chi connectivity index (χ1v) is 13.8. The quantitative estimate of drug-likeness (QED) is 0.219. The van der Waals surface area contributed by atoms with Gasteiger partial charge in [0.25, 0.3) is 0 Å². The number of carboxylic acids is 1. The van der Waals surface area contributed by atoms with Gasteiger partial charge in [-0.1, -0.05) is 24.3 Å². The van der Waals surface area contributed by atoms with Gasteiger partial charge in [0, 0.05) is 31.5 Å². The van der Waals surface area contributed by atoms with Gasteiger partial charge in [0.2, 0.25) is 5.82 Å². The van der Waals surface area contributed by atoms with E-state index in [9.17, 15) is 23.1 Å². The summed E-state index contributed by atoms with van der Waals surface area (Å²) in [4.78, 5) is 25.5. The number of unbranched alkanes of at least 4 members (excludes halogenated alkanes) is 1. The molecule has 0 fully saturated rings. The summed E-state index contributed by atoms with van der Waals surface area (Å²) in [6, 6.07) is 13.7. The monoisotopic (exact) mass is 572 g/mol. The number of nitrogens with zero attached hydrogens (tertiary/aromatic N) is 4. The largest absolute Gasteiger partial charge is 0.492 e. The van der Waals surface area contributed by atoms with Crippen molar-refractivity contribution >= 4 is 17.6 Å². The molecule has 0 saturated heterocycles. The van der Waals surface area contributed by atoms with Gasteiger partial charge in [-0.2, -0.15) is 13.2 Å². The second kappa shape index (κ2) is 14.6. The molecule has 220 valence electrons. The van der Waals surface area contributed by atoms with Crippen molar-refractivity contribution in [1.29, 1.82) is 0 Å². The van der Waals surface area contributed by atoms with E-state index in [1.54, 1.807) is 0 Å². The summed E-state index contributed by atoms with van der Waals surface area (Å²) in [5.41, 5.74) is 2.29. The molecule has 12 heteroatoms. The molecule has 3 heterocycles. The number of halogens is 3. The van der Waals surface area contributed by atoms with Crippen LogP contribution in [-0.2, 0) is 23.8 Å². The molecular formula is C29H35F3N6O3. The predicted octanol–water partition coefficient (Wildman–Crippen LogP) is 4.91. The molecule has 4 rings (SSSR count). The SMILES string of the molecule is O=C(O)[C@H](CCN(CCCCc1ccc2c(n1)NCCC2)CCOc1ccccc1)Nc1ccnc(C(F)(F)F)n1. The summed E-state index contributed by atoms with van der Waals surface area (Å²) in [5, 5.41) is 15.7. The molecule has 1 atom stereocenters. The molecule has 41 heavy (non-hydrogen) atoms. The molecule has 9 nitrogen and oxygen atoms in total. The van der Waals surface area contributed by atoms with Crippen LogP contribution in [0.5, 0.6) is 5.75 Å². The fourth-order valence-corrected chi connectivity index (χ4v) is 4.62. The van der Waals surface area contributed by atoms with Crippen molar-refractivity contribution in [3.05, 3.63) is 71.8 Å². The maximum absolute atomic E-state index is 13.0. The van der Waals surface area contributed by atoms with Crippen LogP contribution in [0.4, 0.5) is 24.8 Å². The number of para-hydroxylation sites is 1. The minimum Gasteiger partial charge on any atom is -0.492 e. The fourth-order valence-electron chi connectivity index (χ4n) is 4.62. The van der Waals surface area contributed by atoms with Crippen molar-refractivity contribution in [2.45, 2.75) is 50.7 Å². The van der Waals surface area contributed by atoms with Crippen LogP contribution in [0, 0.1) is 0 Å². The van der Waals surface area contributed by atoms with Crippen LogP contribution in [-0.4, -0.2) is 69.8 Å². The lowest BCUT2D eigenvalue weighted by molar-refractivity contribution is -0.144. The number of hydrogen-bond donors (Lipinski definition) is 3. The zero-order chi connectivity index (χ0) is 29.1. The molecule has 1 aliphatic heterocycles. The maximum atomic E-state index is 13.0. The summed E-state index contributed by atoms with van der Waals surface area (Å²) < 4.78 is 44.8. The predicted molar refractivity (Wildman–Crippen MR) is 149 cm³/mol. The second-order valence-electron chi connectivity index (χ2n) is 9.89. The van der Waals surface area contributed by atoms with Crippen LogP contribution < -0.4 is 15.4 Å². The van der Waals surface area contributed by atoms with Crippen molar-refractivity contribution < 1.29 is 27.8 Å². The molecule has 0 unspecified atom stereocenters. The van der Waals surface area contributed by atoms with E-state index >= 15 is 0 Å². The van der Waals surface area contributed by atoms with Crippen LogP contribution in [0.2, 0.25) is 0 Å². The van der Waals surface area contributed by atoms with Gasteiger partial charge in [0.05, 0.1) is 0 Å². The lowest BCUT2D eigenvalue weighted by atomic mass is 10.1. The van der Waals surface area contributed by atoms with Gasteiger partial charge < -0.3 is 20.5 Å². The number of aryl methyl sites for hydroxylation is 2. The average molecular weight is 573 g/mol. The minimum absolute atomic E-state index is 0.157. The number of hydrogen-bond acceptors (Lipinski definition) is 8. The molecule has 0 bridgehead atoms. The molecule has 0 spiro atoms. The molecule has 0 amide bonds. The highest BCUT2D eigenvalue weighted by molar-refractivity contribution is 5.76. The first-order chi connectivity index (χ1) is 19.8. The maximum Gasteiger partial charge on any atom is 0.451 e. The minimum atomic E-state index is -4.73. The third-order valence-electron chi connectivity index (χ3n) is 6.79. The van der Waals surface area contributed by atoms with Gasteiger partial charge in [-0.25, -0.2) is 19.7 Å². The number of carbonyl (C=O) groups is 1. The van der Waals surface area contributed by atoms with Gasteiger partial charge in [-0.15, -0.1) is 0 Å². The van der Waals surface area contributed by atoms with Gasteiger partial charge in [0.15, 0.2) is 0 Å². The van der Waals surface area contributed by atoms with Crippen LogP contribution in [0.1, 0.15) is 42.8 Å². The summed E-state index contributed by atoms with van der Waals surface area (Å²) in [5.74, 6) is -0.966. The number of fused-ring (bicyclic) bond motifs is 1. The van der Waals surface area contributed by atoms with Crippen LogP contribution in [0.25, 0.3) is 0 Å². The number of alkyl halides is 3. The Kier molecular flexibility index (Phi) is 10.7. The Balaban J connectivity index is 1.32. The van der Waals surface area contributed by atoms with E-state index in [0.717, 1.165) is 62.1 Å². The Bertz CT molecular complexity index is 1260. The zero-order valence-electron chi connectivity index (χ0n) is 22.7. The van der Waals surface area contributed by atoms with Gasteiger partial charge in [-0.05, 0) is 74.9 Å². The smallest absolute Gasteiger partial charge is 0.451 e.